The summed E-state index contributed by atoms with van der Waals surface area (Å²) in [5, 5.41) is 3.53. The second-order valence-corrected chi connectivity index (χ2v) is 6.36. The van der Waals surface area contributed by atoms with Crippen LogP contribution in [0.15, 0.2) is 0 Å². The molecule has 2 aliphatic heterocycles. The lowest BCUT2D eigenvalue weighted by Gasteiger charge is -2.38. The van der Waals surface area contributed by atoms with Crippen LogP contribution in [0.3, 0.4) is 0 Å². The van der Waals surface area contributed by atoms with Gasteiger partial charge in [0.05, 0.1) is 0 Å². The standard InChI is InChI=1S/C12H24N2S.ClH/c1-2-15-10-9-14-7-4-12(5-8-14)3-6-13-11-12;/h13H,2-11H2,1H3;1H. The van der Waals surface area contributed by atoms with Crippen molar-refractivity contribution in [1.82, 2.24) is 10.2 Å². The van der Waals surface area contributed by atoms with Crippen LogP contribution in [-0.4, -0.2) is 49.1 Å². The monoisotopic (exact) mass is 264 g/mol. The Hall–Kier alpha value is 0.560. The number of nitrogens with zero attached hydrogens (tertiary/aromatic N) is 1. The van der Waals surface area contributed by atoms with E-state index in [9.17, 15) is 0 Å². The van der Waals surface area contributed by atoms with Gasteiger partial charge in [-0.15, -0.1) is 12.4 Å². The Morgan fingerprint density at radius 2 is 2.00 bits per heavy atom. The first kappa shape index (κ1) is 14.6. The van der Waals surface area contributed by atoms with E-state index in [4.69, 9.17) is 0 Å². The number of hydrogen-bond donors (Lipinski definition) is 1. The molecule has 0 aromatic heterocycles. The Balaban J connectivity index is 0.00000128. The summed E-state index contributed by atoms with van der Waals surface area (Å²) in [7, 11) is 0. The Bertz CT molecular complexity index is 185. The van der Waals surface area contributed by atoms with Crippen LogP contribution in [0.1, 0.15) is 26.2 Å². The molecule has 0 saturated carbocycles. The summed E-state index contributed by atoms with van der Waals surface area (Å²) in [6.07, 6.45) is 4.28. The van der Waals surface area contributed by atoms with E-state index in [2.05, 4.69) is 28.9 Å². The smallest absolute Gasteiger partial charge is 0.00723 e. The van der Waals surface area contributed by atoms with Gasteiger partial charge < -0.3 is 10.2 Å². The third kappa shape index (κ3) is 3.80. The van der Waals surface area contributed by atoms with Crippen molar-refractivity contribution in [2.75, 3.05) is 44.2 Å². The van der Waals surface area contributed by atoms with Gasteiger partial charge in [0.2, 0.25) is 0 Å². The molecule has 2 saturated heterocycles. The van der Waals surface area contributed by atoms with E-state index in [0.717, 1.165) is 0 Å². The van der Waals surface area contributed by atoms with E-state index in [1.165, 1.54) is 63.5 Å². The van der Waals surface area contributed by atoms with Crippen LogP contribution in [0.2, 0.25) is 0 Å². The molecule has 16 heavy (non-hydrogen) atoms. The number of halogens is 1. The average Bonchev–Trinajstić information content (AvgIpc) is 2.71. The minimum absolute atomic E-state index is 0. The molecule has 2 fully saturated rings. The summed E-state index contributed by atoms with van der Waals surface area (Å²) in [5.41, 5.74) is 0.689. The summed E-state index contributed by atoms with van der Waals surface area (Å²) in [6, 6.07) is 0. The summed E-state index contributed by atoms with van der Waals surface area (Å²) in [5.74, 6) is 2.59. The van der Waals surface area contributed by atoms with Gasteiger partial charge in [-0.3, -0.25) is 0 Å². The maximum absolute atomic E-state index is 3.53. The topological polar surface area (TPSA) is 15.3 Å². The van der Waals surface area contributed by atoms with Crippen LogP contribution in [0.4, 0.5) is 0 Å². The molecule has 2 nitrogen and oxygen atoms in total. The van der Waals surface area contributed by atoms with Crippen molar-refractivity contribution < 1.29 is 0 Å². The SMILES string of the molecule is CCSCCN1CCC2(CCNC2)CC1.Cl. The normalized spacial score (nSPS) is 24.6. The molecule has 96 valence electrons. The van der Waals surface area contributed by atoms with Crippen molar-refractivity contribution >= 4 is 24.2 Å². The van der Waals surface area contributed by atoms with E-state index < -0.39 is 0 Å². The first-order chi connectivity index (χ1) is 7.35. The average molecular weight is 265 g/mol. The van der Waals surface area contributed by atoms with E-state index in [0.29, 0.717) is 5.41 Å². The molecule has 0 atom stereocenters. The van der Waals surface area contributed by atoms with Gasteiger partial charge in [-0.25, -0.2) is 0 Å². The van der Waals surface area contributed by atoms with Gasteiger partial charge in [0.25, 0.3) is 0 Å². The highest BCUT2D eigenvalue weighted by molar-refractivity contribution is 7.99. The van der Waals surface area contributed by atoms with Gasteiger partial charge in [0, 0.05) is 18.8 Å². The minimum Gasteiger partial charge on any atom is -0.316 e. The second-order valence-electron chi connectivity index (χ2n) is 4.97. The van der Waals surface area contributed by atoms with Crippen LogP contribution >= 0.6 is 24.2 Å². The van der Waals surface area contributed by atoms with Gasteiger partial charge in [-0.05, 0) is 50.1 Å². The van der Waals surface area contributed by atoms with E-state index in [-0.39, 0.29) is 12.4 Å². The van der Waals surface area contributed by atoms with E-state index >= 15 is 0 Å². The zero-order valence-electron chi connectivity index (χ0n) is 10.3. The quantitative estimate of drug-likeness (QED) is 0.784. The fourth-order valence-corrected chi connectivity index (χ4v) is 3.49. The van der Waals surface area contributed by atoms with Gasteiger partial charge in [-0.2, -0.15) is 11.8 Å². The molecule has 0 aromatic carbocycles. The van der Waals surface area contributed by atoms with Crippen molar-refractivity contribution in [3.8, 4) is 0 Å². The maximum Gasteiger partial charge on any atom is 0.00723 e. The van der Waals surface area contributed by atoms with Crippen molar-refractivity contribution in [2.45, 2.75) is 26.2 Å². The van der Waals surface area contributed by atoms with Crippen molar-refractivity contribution in [3.63, 3.8) is 0 Å². The highest BCUT2D eigenvalue weighted by atomic mass is 35.5. The van der Waals surface area contributed by atoms with Crippen LogP contribution in [0.5, 0.6) is 0 Å². The van der Waals surface area contributed by atoms with Crippen LogP contribution in [0, 0.1) is 5.41 Å². The van der Waals surface area contributed by atoms with Gasteiger partial charge in [0.15, 0.2) is 0 Å². The number of piperidine rings is 1. The van der Waals surface area contributed by atoms with Gasteiger partial charge in [0.1, 0.15) is 0 Å². The molecule has 2 rings (SSSR count). The number of nitrogens with one attached hydrogen (secondary N) is 1. The Kier molecular flexibility index (Phi) is 6.48. The molecule has 0 bridgehead atoms. The molecule has 1 N–H and O–H groups in total. The molecule has 1 spiro atoms. The Morgan fingerprint density at radius 3 is 2.56 bits per heavy atom. The molecule has 4 heteroatoms. The zero-order valence-corrected chi connectivity index (χ0v) is 12.0. The van der Waals surface area contributed by atoms with Gasteiger partial charge in [-0.1, -0.05) is 6.92 Å². The predicted molar refractivity (Wildman–Crippen MR) is 75.8 cm³/mol. The molecule has 2 aliphatic rings. The molecule has 0 aromatic rings. The van der Waals surface area contributed by atoms with Crippen LogP contribution in [-0.2, 0) is 0 Å². The third-order valence-corrected chi connectivity index (χ3v) is 4.88. The van der Waals surface area contributed by atoms with E-state index in [1.54, 1.807) is 0 Å². The molecule has 0 amide bonds. The van der Waals surface area contributed by atoms with Gasteiger partial charge >= 0.3 is 0 Å². The summed E-state index contributed by atoms with van der Waals surface area (Å²) in [4.78, 5) is 2.66. The minimum atomic E-state index is 0. The molecular weight excluding hydrogens is 240 g/mol. The second kappa shape index (κ2) is 7.10. The number of rotatable bonds is 4. The van der Waals surface area contributed by atoms with Crippen LogP contribution in [0.25, 0.3) is 0 Å². The molecule has 0 unspecified atom stereocenters. The summed E-state index contributed by atoms with van der Waals surface area (Å²) in [6.45, 7) is 8.77. The molecule has 0 aliphatic carbocycles. The number of thioether (sulfide) groups is 1. The predicted octanol–water partition coefficient (Wildman–Crippen LogP) is 2.24. The molecule has 0 radical (unpaired) electrons. The largest absolute Gasteiger partial charge is 0.316 e. The summed E-state index contributed by atoms with van der Waals surface area (Å²) >= 11 is 2.07. The Morgan fingerprint density at radius 1 is 1.25 bits per heavy atom. The number of hydrogen-bond acceptors (Lipinski definition) is 3. The lowest BCUT2D eigenvalue weighted by atomic mass is 9.78. The van der Waals surface area contributed by atoms with Crippen molar-refractivity contribution in [2.24, 2.45) is 5.41 Å². The third-order valence-electron chi connectivity index (χ3n) is 4.00. The van der Waals surface area contributed by atoms with E-state index in [1.807, 2.05) is 0 Å². The summed E-state index contributed by atoms with van der Waals surface area (Å²) < 4.78 is 0. The molecular formula is C12H25ClN2S. The van der Waals surface area contributed by atoms with Crippen molar-refractivity contribution in [1.29, 1.82) is 0 Å². The van der Waals surface area contributed by atoms with Crippen LogP contribution < -0.4 is 5.32 Å². The first-order valence-electron chi connectivity index (χ1n) is 6.35. The molecule has 2 heterocycles. The highest BCUT2D eigenvalue weighted by Gasteiger charge is 2.36. The lowest BCUT2D eigenvalue weighted by Crippen LogP contribution is -2.41. The zero-order chi connectivity index (χ0) is 10.6. The fraction of sp³-hybridized carbons (Fsp3) is 1.00. The highest BCUT2D eigenvalue weighted by Crippen LogP contribution is 2.36. The van der Waals surface area contributed by atoms with Crippen molar-refractivity contribution in [3.05, 3.63) is 0 Å². The first-order valence-corrected chi connectivity index (χ1v) is 7.51. The lowest BCUT2D eigenvalue weighted by molar-refractivity contribution is 0.124. The Labute approximate surface area is 110 Å². The fourth-order valence-electron chi connectivity index (χ4n) is 2.81. The maximum atomic E-state index is 3.53. The number of likely N-dealkylation sites (tertiary alicyclic amines) is 1.